The van der Waals surface area contributed by atoms with Crippen LogP contribution < -0.4 is 4.72 Å². The van der Waals surface area contributed by atoms with Crippen molar-refractivity contribution in [1.29, 1.82) is 0 Å². The van der Waals surface area contributed by atoms with E-state index in [0.29, 0.717) is 24.5 Å². The van der Waals surface area contributed by atoms with Gasteiger partial charge >= 0.3 is 0 Å². The van der Waals surface area contributed by atoms with Crippen LogP contribution in [0.25, 0.3) is 0 Å². The number of aromatic nitrogens is 2. The van der Waals surface area contributed by atoms with Crippen LogP contribution in [0.1, 0.15) is 56.6 Å². The van der Waals surface area contributed by atoms with Gasteiger partial charge in [-0.1, -0.05) is 19.3 Å². The Kier molecular flexibility index (Phi) is 5.93. The molecular weight excluding hydrogens is 376 g/mol. The maximum absolute atomic E-state index is 12.9. The van der Waals surface area contributed by atoms with Crippen LogP contribution in [0.4, 0.5) is 5.69 Å². The second-order valence-corrected chi connectivity index (χ2v) is 11.3. The van der Waals surface area contributed by atoms with Crippen molar-refractivity contribution in [2.75, 3.05) is 29.8 Å². The topological polar surface area (TPSA) is 112 Å². The maximum atomic E-state index is 12.9. The standard InChI is InChI=1S/C16H28N4O4S2/c1-25(21,22)19-15-10-17-18-16(15)14-8-5-9-20(11-14)26(23,24)12-13-6-3-2-4-7-13/h10,13-14,19H,2-9,11-12H2,1H3,(H,17,18)/t14-/m1/s1. The first kappa shape index (κ1) is 19.6. The van der Waals surface area contributed by atoms with Crippen LogP contribution in [0.2, 0.25) is 0 Å². The number of piperidine rings is 1. The van der Waals surface area contributed by atoms with Gasteiger partial charge in [-0.05, 0) is 31.6 Å². The first-order chi connectivity index (χ1) is 12.2. The van der Waals surface area contributed by atoms with E-state index in [4.69, 9.17) is 0 Å². The molecule has 2 aliphatic rings. The SMILES string of the molecule is CS(=O)(=O)Nc1cn[nH]c1[C@@H]1CCCN(S(=O)(=O)CC2CCCCC2)C1. The van der Waals surface area contributed by atoms with Crippen molar-refractivity contribution in [2.24, 2.45) is 5.92 Å². The van der Waals surface area contributed by atoms with Gasteiger partial charge in [-0.15, -0.1) is 0 Å². The first-order valence-electron chi connectivity index (χ1n) is 9.23. The lowest BCUT2D eigenvalue weighted by molar-refractivity contribution is 0.305. The number of hydrogen-bond acceptors (Lipinski definition) is 5. The van der Waals surface area contributed by atoms with E-state index in [1.54, 1.807) is 4.31 Å². The first-order valence-corrected chi connectivity index (χ1v) is 12.7. The smallest absolute Gasteiger partial charge is 0.229 e. The van der Waals surface area contributed by atoms with Crippen LogP contribution in [-0.4, -0.2) is 56.4 Å². The summed E-state index contributed by atoms with van der Waals surface area (Å²) in [5.74, 6) is 0.414. The summed E-state index contributed by atoms with van der Waals surface area (Å²) in [5, 5.41) is 6.80. The van der Waals surface area contributed by atoms with E-state index in [2.05, 4.69) is 14.9 Å². The molecule has 2 fully saturated rings. The lowest BCUT2D eigenvalue weighted by Gasteiger charge is -2.33. The Morgan fingerprint density at radius 2 is 1.88 bits per heavy atom. The fourth-order valence-electron chi connectivity index (χ4n) is 4.08. The highest BCUT2D eigenvalue weighted by Gasteiger charge is 2.33. The van der Waals surface area contributed by atoms with Crippen molar-refractivity contribution < 1.29 is 16.8 Å². The van der Waals surface area contributed by atoms with Gasteiger partial charge in [0.25, 0.3) is 0 Å². The Hall–Kier alpha value is -1.13. The van der Waals surface area contributed by atoms with Crippen molar-refractivity contribution in [3.63, 3.8) is 0 Å². The molecule has 0 aromatic carbocycles. The maximum Gasteiger partial charge on any atom is 0.229 e. The van der Waals surface area contributed by atoms with E-state index < -0.39 is 20.0 Å². The molecule has 1 aliphatic heterocycles. The summed E-state index contributed by atoms with van der Waals surface area (Å²) in [5.41, 5.74) is 1.07. The Bertz CT molecular complexity index is 813. The minimum absolute atomic E-state index is 0.0865. The Balaban J connectivity index is 1.70. The average Bonchev–Trinajstić information content (AvgIpc) is 3.01. The van der Waals surface area contributed by atoms with Crippen LogP contribution in [0.15, 0.2) is 6.20 Å². The van der Waals surface area contributed by atoms with E-state index in [1.165, 1.54) is 12.6 Å². The molecule has 0 unspecified atom stereocenters. The number of hydrogen-bond donors (Lipinski definition) is 2. The molecule has 0 bridgehead atoms. The molecule has 0 spiro atoms. The number of anilines is 1. The minimum Gasteiger partial charge on any atom is -0.280 e. The van der Waals surface area contributed by atoms with Crippen molar-refractivity contribution in [3.05, 3.63) is 11.9 Å². The predicted octanol–water partition coefficient (Wildman–Crippen LogP) is 1.87. The number of nitrogens with zero attached hydrogens (tertiary/aromatic N) is 2. The summed E-state index contributed by atoms with van der Waals surface area (Å²) in [4.78, 5) is 0. The molecule has 2 N–H and O–H groups in total. The molecule has 1 atom stereocenters. The van der Waals surface area contributed by atoms with E-state index in [0.717, 1.165) is 44.8 Å². The van der Waals surface area contributed by atoms with Crippen LogP contribution in [0.5, 0.6) is 0 Å². The van der Waals surface area contributed by atoms with Gasteiger partial charge in [-0.25, -0.2) is 21.1 Å². The van der Waals surface area contributed by atoms with Crippen LogP contribution in [0.3, 0.4) is 0 Å². The van der Waals surface area contributed by atoms with Crippen molar-refractivity contribution in [3.8, 4) is 0 Å². The Morgan fingerprint density at radius 3 is 2.58 bits per heavy atom. The number of rotatable bonds is 6. The third-order valence-corrected chi connectivity index (χ3v) is 7.92. The fourth-order valence-corrected chi connectivity index (χ4v) is 6.59. The molecule has 8 nitrogen and oxygen atoms in total. The van der Waals surface area contributed by atoms with Gasteiger partial charge < -0.3 is 0 Å². The van der Waals surface area contributed by atoms with Crippen LogP contribution >= 0.6 is 0 Å². The lowest BCUT2D eigenvalue weighted by Crippen LogP contribution is -2.42. The molecule has 1 aliphatic carbocycles. The number of aromatic amines is 1. The highest BCUT2D eigenvalue weighted by atomic mass is 32.2. The normalized spacial score (nSPS) is 23.8. The fraction of sp³-hybridized carbons (Fsp3) is 0.812. The van der Waals surface area contributed by atoms with Gasteiger partial charge in [0, 0.05) is 19.0 Å². The largest absolute Gasteiger partial charge is 0.280 e. The number of nitrogens with one attached hydrogen (secondary N) is 2. The van der Waals surface area contributed by atoms with E-state index in [-0.39, 0.29) is 17.6 Å². The molecular formula is C16H28N4O4S2. The predicted molar refractivity (Wildman–Crippen MR) is 101 cm³/mol. The average molecular weight is 405 g/mol. The molecule has 1 aromatic rings. The van der Waals surface area contributed by atoms with E-state index >= 15 is 0 Å². The van der Waals surface area contributed by atoms with Crippen LogP contribution in [-0.2, 0) is 20.0 Å². The zero-order valence-corrected chi connectivity index (χ0v) is 16.8. The van der Waals surface area contributed by atoms with Gasteiger partial charge in [0.15, 0.2) is 0 Å². The summed E-state index contributed by atoms with van der Waals surface area (Å²) >= 11 is 0. The monoisotopic (exact) mass is 404 g/mol. The quantitative estimate of drug-likeness (QED) is 0.752. The molecule has 1 saturated heterocycles. The Labute approximate surface area is 155 Å². The number of H-pyrrole nitrogens is 1. The second kappa shape index (κ2) is 7.85. The van der Waals surface area contributed by atoms with Crippen LogP contribution in [0, 0.1) is 5.92 Å². The number of sulfonamides is 2. The highest BCUT2D eigenvalue weighted by Crippen LogP contribution is 2.33. The molecule has 2 heterocycles. The van der Waals surface area contributed by atoms with Crippen molar-refractivity contribution >= 4 is 25.7 Å². The third kappa shape index (κ3) is 4.98. The van der Waals surface area contributed by atoms with Gasteiger partial charge in [-0.2, -0.15) is 5.10 Å². The zero-order valence-electron chi connectivity index (χ0n) is 15.1. The molecule has 1 aromatic heterocycles. The summed E-state index contributed by atoms with van der Waals surface area (Å²) < 4.78 is 52.8. The third-order valence-electron chi connectivity index (χ3n) is 5.32. The molecule has 10 heteroatoms. The summed E-state index contributed by atoms with van der Waals surface area (Å²) in [6.07, 6.45) is 9.53. The van der Waals surface area contributed by atoms with E-state index in [1.807, 2.05) is 0 Å². The highest BCUT2D eigenvalue weighted by molar-refractivity contribution is 7.92. The molecule has 0 amide bonds. The van der Waals surface area contributed by atoms with Gasteiger partial charge in [0.05, 0.1) is 29.6 Å². The van der Waals surface area contributed by atoms with Gasteiger partial charge in [0.2, 0.25) is 20.0 Å². The summed E-state index contributed by atoms with van der Waals surface area (Å²) in [7, 11) is -6.71. The summed E-state index contributed by atoms with van der Waals surface area (Å²) in [6, 6.07) is 0. The Morgan fingerprint density at radius 1 is 1.15 bits per heavy atom. The van der Waals surface area contributed by atoms with Gasteiger partial charge in [0.1, 0.15) is 0 Å². The molecule has 0 radical (unpaired) electrons. The zero-order chi connectivity index (χ0) is 18.8. The van der Waals surface area contributed by atoms with Gasteiger partial charge in [-0.3, -0.25) is 9.82 Å². The molecule has 26 heavy (non-hydrogen) atoms. The second-order valence-electron chi connectivity index (χ2n) is 7.55. The summed E-state index contributed by atoms with van der Waals surface area (Å²) in [6.45, 7) is 0.907. The van der Waals surface area contributed by atoms with E-state index in [9.17, 15) is 16.8 Å². The van der Waals surface area contributed by atoms with Crippen molar-refractivity contribution in [1.82, 2.24) is 14.5 Å². The lowest BCUT2D eigenvalue weighted by atomic mass is 9.91. The minimum atomic E-state index is -3.41. The van der Waals surface area contributed by atoms with Crippen molar-refractivity contribution in [2.45, 2.75) is 50.9 Å². The molecule has 1 saturated carbocycles. The molecule has 148 valence electrons. The molecule has 3 rings (SSSR count).